The van der Waals surface area contributed by atoms with Crippen molar-refractivity contribution in [2.75, 3.05) is 25.2 Å². The lowest BCUT2D eigenvalue weighted by Crippen LogP contribution is -2.26. The number of benzene rings is 2. The van der Waals surface area contributed by atoms with E-state index >= 15 is 0 Å². The molecule has 160 valence electrons. The standard InChI is InChI=1S/C21H25N3O5S/c1-5-21(25)24-19(17-10-9-16(28-2)12-20(17)29-3)13-18(22-24)14-7-6-8-15(11-14)23-30(4,26)27/h6-12,19,23H,5,13H2,1-4H3/t19-/m1/s1. The highest BCUT2D eigenvalue weighted by Gasteiger charge is 2.34. The lowest BCUT2D eigenvalue weighted by atomic mass is 9.97. The van der Waals surface area contributed by atoms with Gasteiger partial charge in [-0.1, -0.05) is 19.1 Å². The van der Waals surface area contributed by atoms with E-state index < -0.39 is 10.0 Å². The van der Waals surface area contributed by atoms with E-state index in [-0.39, 0.29) is 11.9 Å². The zero-order chi connectivity index (χ0) is 21.9. The summed E-state index contributed by atoms with van der Waals surface area (Å²) < 4.78 is 36.4. The van der Waals surface area contributed by atoms with Crippen LogP contribution in [0.3, 0.4) is 0 Å². The number of carbonyl (C=O) groups is 1. The average Bonchev–Trinajstić information content (AvgIpc) is 3.17. The van der Waals surface area contributed by atoms with Crippen molar-refractivity contribution in [1.29, 1.82) is 0 Å². The number of nitrogens with one attached hydrogen (secondary N) is 1. The molecular weight excluding hydrogens is 406 g/mol. The molecule has 1 N–H and O–H groups in total. The highest BCUT2D eigenvalue weighted by molar-refractivity contribution is 7.92. The summed E-state index contributed by atoms with van der Waals surface area (Å²) in [5, 5.41) is 6.06. The Morgan fingerprint density at radius 3 is 2.60 bits per heavy atom. The van der Waals surface area contributed by atoms with Crippen LogP contribution >= 0.6 is 0 Å². The van der Waals surface area contributed by atoms with Crippen LogP contribution in [0.1, 0.15) is 36.9 Å². The number of hydrogen-bond acceptors (Lipinski definition) is 6. The summed E-state index contributed by atoms with van der Waals surface area (Å²) in [6, 6.07) is 12.1. The van der Waals surface area contributed by atoms with E-state index in [1.54, 1.807) is 45.4 Å². The van der Waals surface area contributed by atoms with Crippen LogP contribution in [-0.2, 0) is 14.8 Å². The summed E-state index contributed by atoms with van der Waals surface area (Å²) in [6.07, 6.45) is 1.87. The van der Waals surface area contributed by atoms with Crippen LogP contribution in [0.25, 0.3) is 0 Å². The number of amides is 1. The third kappa shape index (κ3) is 4.73. The molecule has 2 aromatic carbocycles. The van der Waals surface area contributed by atoms with Crippen LogP contribution in [0.5, 0.6) is 11.5 Å². The van der Waals surface area contributed by atoms with Crippen molar-refractivity contribution in [2.24, 2.45) is 5.10 Å². The minimum Gasteiger partial charge on any atom is -0.497 e. The number of ether oxygens (including phenoxy) is 2. The highest BCUT2D eigenvalue weighted by Crippen LogP contribution is 2.39. The van der Waals surface area contributed by atoms with Gasteiger partial charge in [0.05, 0.1) is 32.2 Å². The highest BCUT2D eigenvalue weighted by atomic mass is 32.2. The summed E-state index contributed by atoms with van der Waals surface area (Å²) in [5.41, 5.74) is 2.70. The van der Waals surface area contributed by atoms with Crippen molar-refractivity contribution < 1.29 is 22.7 Å². The zero-order valence-electron chi connectivity index (χ0n) is 17.4. The van der Waals surface area contributed by atoms with Gasteiger partial charge in [0.25, 0.3) is 0 Å². The average molecular weight is 432 g/mol. The van der Waals surface area contributed by atoms with Crippen LogP contribution in [-0.4, -0.2) is 45.5 Å². The largest absolute Gasteiger partial charge is 0.497 e. The first kappa shape index (κ1) is 21.6. The molecule has 1 atom stereocenters. The molecular formula is C21H25N3O5S. The number of hydrazone groups is 1. The third-order valence-corrected chi connectivity index (χ3v) is 5.37. The van der Waals surface area contributed by atoms with Crippen molar-refractivity contribution in [2.45, 2.75) is 25.8 Å². The molecule has 0 spiro atoms. The van der Waals surface area contributed by atoms with E-state index in [1.807, 2.05) is 18.2 Å². The van der Waals surface area contributed by atoms with E-state index in [2.05, 4.69) is 9.82 Å². The predicted octanol–water partition coefficient (Wildman–Crippen LogP) is 3.16. The van der Waals surface area contributed by atoms with E-state index in [0.717, 1.165) is 17.4 Å². The number of carbonyl (C=O) groups excluding carboxylic acids is 1. The van der Waals surface area contributed by atoms with Crippen molar-refractivity contribution in [3.8, 4) is 11.5 Å². The Labute approximate surface area is 176 Å². The van der Waals surface area contributed by atoms with Gasteiger partial charge >= 0.3 is 0 Å². The fourth-order valence-electron chi connectivity index (χ4n) is 3.39. The van der Waals surface area contributed by atoms with Crippen molar-refractivity contribution in [1.82, 2.24) is 5.01 Å². The minimum atomic E-state index is -3.40. The molecule has 0 radical (unpaired) electrons. The smallest absolute Gasteiger partial charge is 0.242 e. The fraction of sp³-hybridized carbons (Fsp3) is 0.333. The summed E-state index contributed by atoms with van der Waals surface area (Å²) in [4.78, 5) is 12.6. The Balaban J connectivity index is 1.98. The van der Waals surface area contributed by atoms with Gasteiger partial charge in [0.15, 0.2) is 0 Å². The van der Waals surface area contributed by atoms with Gasteiger partial charge in [0.2, 0.25) is 15.9 Å². The normalized spacial score (nSPS) is 16.2. The van der Waals surface area contributed by atoms with Crippen molar-refractivity contribution in [3.05, 3.63) is 53.6 Å². The Morgan fingerprint density at radius 1 is 1.20 bits per heavy atom. The molecule has 0 unspecified atom stereocenters. The van der Waals surface area contributed by atoms with Gasteiger partial charge in [0.1, 0.15) is 11.5 Å². The summed E-state index contributed by atoms with van der Waals surface area (Å²) >= 11 is 0. The first-order valence-electron chi connectivity index (χ1n) is 9.45. The molecule has 0 saturated heterocycles. The Hall–Kier alpha value is -3.07. The van der Waals surface area contributed by atoms with E-state index in [4.69, 9.17) is 9.47 Å². The summed E-state index contributed by atoms with van der Waals surface area (Å²) in [6.45, 7) is 1.79. The molecule has 0 fully saturated rings. The van der Waals surface area contributed by atoms with Crippen LogP contribution in [0.2, 0.25) is 0 Å². The molecule has 0 aromatic heterocycles. The van der Waals surface area contributed by atoms with Crippen LogP contribution in [0.15, 0.2) is 47.6 Å². The maximum Gasteiger partial charge on any atom is 0.242 e. The van der Waals surface area contributed by atoms with E-state index in [1.165, 1.54) is 5.01 Å². The van der Waals surface area contributed by atoms with E-state index in [0.29, 0.717) is 35.7 Å². The molecule has 30 heavy (non-hydrogen) atoms. The first-order valence-corrected chi connectivity index (χ1v) is 11.3. The van der Waals surface area contributed by atoms with Gasteiger partial charge in [-0.3, -0.25) is 9.52 Å². The molecule has 1 aliphatic rings. The topological polar surface area (TPSA) is 97.3 Å². The van der Waals surface area contributed by atoms with Gasteiger partial charge in [0, 0.05) is 30.2 Å². The second-order valence-electron chi connectivity index (χ2n) is 6.92. The van der Waals surface area contributed by atoms with Crippen molar-refractivity contribution >= 4 is 27.3 Å². The number of sulfonamides is 1. The molecule has 9 heteroatoms. The Bertz CT molecular complexity index is 1080. The second kappa shape index (κ2) is 8.74. The molecule has 3 rings (SSSR count). The number of anilines is 1. The van der Waals surface area contributed by atoms with Gasteiger partial charge in [-0.2, -0.15) is 5.10 Å². The second-order valence-corrected chi connectivity index (χ2v) is 8.67. The molecule has 0 saturated carbocycles. The number of nitrogens with zero attached hydrogens (tertiary/aromatic N) is 2. The fourth-order valence-corrected chi connectivity index (χ4v) is 3.94. The monoisotopic (exact) mass is 431 g/mol. The first-order chi connectivity index (χ1) is 14.3. The molecule has 1 aliphatic heterocycles. The van der Waals surface area contributed by atoms with Crippen LogP contribution < -0.4 is 14.2 Å². The van der Waals surface area contributed by atoms with Gasteiger partial charge in [-0.15, -0.1) is 0 Å². The molecule has 8 nitrogen and oxygen atoms in total. The van der Waals surface area contributed by atoms with E-state index in [9.17, 15) is 13.2 Å². The summed E-state index contributed by atoms with van der Waals surface area (Å²) in [5.74, 6) is 1.15. The lowest BCUT2D eigenvalue weighted by molar-refractivity contribution is -0.132. The Kier molecular flexibility index (Phi) is 6.31. The lowest BCUT2D eigenvalue weighted by Gasteiger charge is -2.23. The predicted molar refractivity (Wildman–Crippen MR) is 115 cm³/mol. The number of methoxy groups -OCH3 is 2. The molecule has 2 aromatic rings. The summed E-state index contributed by atoms with van der Waals surface area (Å²) in [7, 11) is -0.248. The maximum absolute atomic E-state index is 12.6. The molecule has 0 aliphatic carbocycles. The minimum absolute atomic E-state index is 0.113. The van der Waals surface area contributed by atoms with Gasteiger partial charge < -0.3 is 9.47 Å². The molecule has 0 bridgehead atoms. The Morgan fingerprint density at radius 2 is 1.97 bits per heavy atom. The van der Waals surface area contributed by atoms with Gasteiger partial charge in [-0.05, 0) is 29.8 Å². The third-order valence-electron chi connectivity index (χ3n) is 4.77. The SMILES string of the molecule is CCC(=O)N1N=C(c2cccc(NS(C)(=O)=O)c2)C[C@@H]1c1ccc(OC)cc1OC. The quantitative estimate of drug-likeness (QED) is 0.726. The molecule has 1 amide bonds. The number of hydrogen-bond donors (Lipinski definition) is 1. The van der Waals surface area contributed by atoms with Crippen LogP contribution in [0, 0.1) is 0 Å². The van der Waals surface area contributed by atoms with Crippen molar-refractivity contribution in [3.63, 3.8) is 0 Å². The number of rotatable bonds is 7. The maximum atomic E-state index is 12.6. The zero-order valence-corrected chi connectivity index (χ0v) is 18.2. The molecule has 1 heterocycles. The van der Waals surface area contributed by atoms with Gasteiger partial charge in [-0.25, -0.2) is 13.4 Å². The van der Waals surface area contributed by atoms with Crippen LogP contribution in [0.4, 0.5) is 5.69 Å².